The summed E-state index contributed by atoms with van der Waals surface area (Å²) >= 11 is 0. The van der Waals surface area contributed by atoms with Crippen LogP contribution >= 0.6 is 0 Å². The minimum Gasteiger partial charge on any atom is -0.460 e. The summed E-state index contributed by atoms with van der Waals surface area (Å²) < 4.78 is 9.36. The van der Waals surface area contributed by atoms with E-state index in [1.54, 1.807) is 19.3 Å². The number of nitrogens with one attached hydrogen (secondary N) is 1. The number of benzene rings is 1. The van der Waals surface area contributed by atoms with Crippen LogP contribution in [0.25, 0.3) is 11.3 Å². The van der Waals surface area contributed by atoms with Gasteiger partial charge in [0.05, 0.1) is 12.7 Å². The van der Waals surface area contributed by atoms with E-state index < -0.39 is 23.2 Å². The smallest absolute Gasteiger partial charge is 0.328 e. The number of hydrogen-bond acceptors (Lipinski definition) is 7. The fourth-order valence-electron chi connectivity index (χ4n) is 9.08. The van der Waals surface area contributed by atoms with E-state index in [1.165, 1.54) is 9.25 Å². The van der Waals surface area contributed by atoms with Crippen molar-refractivity contribution in [3.63, 3.8) is 0 Å². The minimum absolute atomic E-state index is 0.0566. The lowest BCUT2D eigenvalue weighted by Crippen LogP contribution is -2.60. The molecule has 3 aromatic rings. The number of aryl methyl sites for hydroxylation is 1. The number of allylic oxidation sites excluding steroid dienone is 1. The molecule has 2 bridgehead atoms. The quantitative estimate of drug-likeness (QED) is 0.286. The fourth-order valence-corrected chi connectivity index (χ4v) is 9.08. The van der Waals surface area contributed by atoms with Crippen LogP contribution in [0, 0.1) is 40.9 Å². The van der Waals surface area contributed by atoms with E-state index in [0.717, 1.165) is 36.8 Å². The summed E-state index contributed by atoms with van der Waals surface area (Å²) in [5.74, 6) is 0.441. The zero-order chi connectivity index (χ0) is 33.0. The molecule has 10 nitrogen and oxygen atoms in total. The number of hydrogen-bond donors (Lipinski definition) is 1. The van der Waals surface area contributed by atoms with E-state index in [0.29, 0.717) is 42.3 Å². The molecule has 1 aromatic carbocycles. The molecular formula is C36H45N5O5. The van der Waals surface area contributed by atoms with Gasteiger partial charge >= 0.3 is 11.7 Å². The van der Waals surface area contributed by atoms with Crippen LogP contribution in [0.15, 0.2) is 58.9 Å². The van der Waals surface area contributed by atoms with Crippen molar-refractivity contribution in [3.05, 3.63) is 81.3 Å². The molecule has 0 radical (unpaired) electrons. The van der Waals surface area contributed by atoms with Gasteiger partial charge in [0.15, 0.2) is 0 Å². The second-order valence-electron chi connectivity index (χ2n) is 14.8. The van der Waals surface area contributed by atoms with Crippen molar-refractivity contribution in [2.24, 2.45) is 34.0 Å². The maximum Gasteiger partial charge on any atom is 0.328 e. The van der Waals surface area contributed by atoms with Gasteiger partial charge in [-0.15, -0.1) is 11.7 Å². The van der Waals surface area contributed by atoms with Crippen molar-refractivity contribution in [1.82, 2.24) is 24.5 Å². The number of H-pyrrole nitrogens is 1. The van der Waals surface area contributed by atoms with Gasteiger partial charge in [0.2, 0.25) is 0 Å². The number of nitrogens with zero attached hydrogens (tertiary/aromatic N) is 4. The van der Waals surface area contributed by atoms with Crippen LogP contribution in [-0.2, 0) is 27.4 Å². The van der Waals surface area contributed by atoms with Gasteiger partial charge < -0.3 is 4.74 Å². The summed E-state index contributed by atoms with van der Waals surface area (Å²) in [7, 11) is 0. The lowest BCUT2D eigenvalue weighted by Gasteiger charge is -2.60. The van der Waals surface area contributed by atoms with Gasteiger partial charge in [0.25, 0.3) is 5.56 Å². The van der Waals surface area contributed by atoms with Crippen molar-refractivity contribution >= 4 is 11.8 Å². The highest BCUT2D eigenvalue weighted by atomic mass is 16.5. The van der Waals surface area contributed by atoms with E-state index in [2.05, 4.69) is 49.6 Å². The number of ether oxygens (including phenoxy) is 1. The number of esters is 1. The molecule has 10 heteroatoms. The van der Waals surface area contributed by atoms with Crippen molar-refractivity contribution in [1.29, 1.82) is 0 Å². The molecule has 0 saturated heterocycles. The van der Waals surface area contributed by atoms with Gasteiger partial charge in [-0.25, -0.2) is 9.48 Å². The number of aromatic amines is 1. The number of rotatable bonds is 7. The van der Waals surface area contributed by atoms with Gasteiger partial charge in [-0.3, -0.25) is 23.9 Å². The molecule has 3 aliphatic rings. The van der Waals surface area contributed by atoms with E-state index >= 15 is 0 Å². The largest absolute Gasteiger partial charge is 0.460 e. The lowest BCUT2D eigenvalue weighted by molar-refractivity contribution is -0.192. The molecule has 3 aliphatic carbocycles. The molecule has 3 fully saturated rings. The Labute approximate surface area is 269 Å². The zero-order valence-electron chi connectivity index (χ0n) is 27.5. The van der Waals surface area contributed by atoms with Crippen molar-refractivity contribution < 1.29 is 14.3 Å². The minimum atomic E-state index is -0.464. The third-order valence-corrected chi connectivity index (χ3v) is 11.9. The molecule has 0 amide bonds. The number of aromatic nitrogens is 5. The first-order valence-corrected chi connectivity index (χ1v) is 16.4. The van der Waals surface area contributed by atoms with Crippen LogP contribution in [-0.4, -0.2) is 42.4 Å². The van der Waals surface area contributed by atoms with Crippen LogP contribution in [0.2, 0.25) is 0 Å². The Bertz CT molecular complexity index is 1790. The number of Topliss-reactive ketones (excluding diaryl/α,β-unsaturated/α-hetero) is 1. The van der Waals surface area contributed by atoms with Crippen LogP contribution in [0.5, 0.6) is 0 Å². The number of carbonyl (C=O) groups is 2. The second kappa shape index (κ2) is 11.6. The average Bonchev–Trinajstić information content (AvgIpc) is 3.62. The standard InChI is InChI=1S/C36H45N5O5/c1-7-34(5)16-24(4)36-14-12-23(3)35(6,31(36)28(42)13-15-36)29(17-34)46-30(43)21-41-20-27(38-39-41)26-10-8-25(9-11-26)19-40-18-22(2)32(44)37-33(40)45/h7-11,18,20,23-24,29,31H,1,12-17,19,21H2,2-6H3,(H,37,44,45)/t23?,24-,29+,31-,34-,35-,36-/m0/s1. The molecule has 46 heavy (non-hydrogen) atoms. The van der Waals surface area contributed by atoms with Gasteiger partial charge in [-0.05, 0) is 67.3 Å². The Balaban J connectivity index is 1.19. The highest BCUT2D eigenvalue weighted by molar-refractivity contribution is 5.85. The number of ketones is 1. The van der Waals surface area contributed by atoms with Crippen LogP contribution < -0.4 is 11.2 Å². The van der Waals surface area contributed by atoms with Gasteiger partial charge in [0, 0.05) is 35.1 Å². The molecular weight excluding hydrogens is 582 g/mol. The van der Waals surface area contributed by atoms with Crippen LogP contribution in [0.3, 0.4) is 0 Å². The summed E-state index contributed by atoms with van der Waals surface area (Å²) in [5.41, 5.74) is 1.17. The zero-order valence-corrected chi connectivity index (χ0v) is 27.5. The van der Waals surface area contributed by atoms with Gasteiger partial charge in [0.1, 0.15) is 24.1 Å². The van der Waals surface area contributed by atoms with Gasteiger partial charge in [-0.2, -0.15) is 0 Å². The normalized spacial score (nSPS) is 32.3. The lowest BCUT2D eigenvalue weighted by atomic mass is 9.44. The molecule has 1 unspecified atom stereocenters. The Morgan fingerprint density at radius 1 is 1.09 bits per heavy atom. The first kappa shape index (κ1) is 31.9. The third kappa shape index (κ3) is 5.39. The van der Waals surface area contributed by atoms with E-state index in [1.807, 2.05) is 30.3 Å². The fraction of sp³-hybridized carbons (Fsp3) is 0.556. The van der Waals surface area contributed by atoms with Crippen LogP contribution in [0.4, 0.5) is 0 Å². The summed E-state index contributed by atoms with van der Waals surface area (Å²) in [6, 6.07) is 7.54. The van der Waals surface area contributed by atoms with E-state index in [4.69, 9.17) is 4.74 Å². The average molecular weight is 628 g/mol. The SMILES string of the molecule is C=C[C@@]1(C)C[C@H](C)[C@]23CCC(=O)[C@H]2[C@@](C)(C(C)CC3)[C@H](OC(=O)Cn2cc(-c3ccc(Cn4cc(C)c(=O)[nH]c4=O)cc3)nn2)C1. The summed E-state index contributed by atoms with van der Waals surface area (Å²) in [4.78, 5) is 53.4. The molecule has 1 N–H and O–H groups in total. The first-order chi connectivity index (χ1) is 21.8. The monoisotopic (exact) mass is 627 g/mol. The molecule has 2 heterocycles. The Hall–Kier alpha value is -4.08. The number of carbonyl (C=O) groups excluding carboxylic acids is 2. The third-order valence-electron chi connectivity index (χ3n) is 11.9. The second-order valence-corrected chi connectivity index (χ2v) is 14.8. The Kier molecular flexibility index (Phi) is 8.05. The van der Waals surface area contributed by atoms with Crippen LogP contribution in [0.1, 0.15) is 77.3 Å². The maximum absolute atomic E-state index is 13.6. The Morgan fingerprint density at radius 2 is 1.83 bits per heavy atom. The van der Waals surface area contributed by atoms with E-state index in [9.17, 15) is 19.2 Å². The van der Waals surface area contributed by atoms with Gasteiger partial charge in [-0.1, -0.05) is 63.2 Å². The molecule has 244 valence electrons. The predicted octanol–water partition coefficient (Wildman–Crippen LogP) is 5.09. The van der Waals surface area contributed by atoms with E-state index in [-0.39, 0.29) is 34.8 Å². The summed E-state index contributed by atoms with van der Waals surface area (Å²) in [5, 5.41) is 8.50. The predicted molar refractivity (Wildman–Crippen MR) is 174 cm³/mol. The summed E-state index contributed by atoms with van der Waals surface area (Å²) in [6.07, 6.45) is 10.0. The molecule has 3 saturated carbocycles. The maximum atomic E-state index is 13.6. The molecule has 0 aliphatic heterocycles. The highest BCUT2D eigenvalue weighted by Crippen LogP contribution is 2.68. The molecule has 6 rings (SSSR count). The molecule has 7 atom stereocenters. The van der Waals surface area contributed by atoms with Crippen molar-refractivity contribution in [3.8, 4) is 11.3 Å². The first-order valence-electron chi connectivity index (χ1n) is 16.4. The van der Waals surface area contributed by atoms with Crippen molar-refractivity contribution in [2.75, 3.05) is 0 Å². The van der Waals surface area contributed by atoms with Crippen molar-refractivity contribution in [2.45, 2.75) is 92.3 Å². The molecule has 0 spiro atoms. The highest BCUT2D eigenvalue weighted by Gasteiger charge is 2.66. The summed E-state index contributed by atoms with van der Waals surface area (Å²) in [6.45, 7) is 15.0. The molecule has 2 aromatic heterocycles. The Morgan fingerprint density at radius 3 is 2.54 bits per heavy atom. The topological polar surface area (TPSA) is 129 Å².